The van der Waals surface area contributed by atoms with Crippen molar-refractivity contribution in [2.45, 2.75) is 13.0 Å². The third-order valence-electron chi connectivity index (χ3n) is 4.06. The smallest absolute Gasteiger partial charge is 0.319 e. The Morgan fingerprint density at radius 1 is 1.19 bits per heavy atom. The molecule has 0 aliphatic heterocycles. The SMILES string of the molecule is C[C@H](NC(=O)Nc1ccc2[nH]c(-c3cscn3)nc2c1)c1ccccc1. The molecule has 130 valence electrons. The number of aromatic nitrogens is 3. The van der Waals surface area contributed by atoms with Gasteiger partial charge in [-0.1, -0.05) is 30.3 Å². The molecule has 7 heteroatoms. The summed E-state index contributed by atoms with van der Waals surface area (Å²) in [5.74, 6) is 0.723. The molecule has 2 aromatic carbocycles. The number of carbonyl (C=O) groups excluding carboxylic acids is 1. The van der Waals surface area contributed by atoms with Crippen LogP contribution in [0.3, 0.4) is 0 Å². The Bertz CT molecular complexity index is 1030. The van der Waals surface area contributed by atoms with Gasteiger partial charge in [-0.3, -0.25) is 0 Å². The van der Waals surface area contributed by atoms with Crippen molar-refractivity contribution in [3.05, 3.63) is 65.0 Å². The molecule has 0 saturated carbocycles. The minimum Gasteiger partial charge on any atom is -0.337 e. The van der Waals surface area contributed by atoms with Crippen molar-refractivity contribution >= 4 is 34.1 Å². The number of anilines is 1. The Labute approximate surface area is 154 Å². The van der Waals surface area contributed by atoms with E-state index in [1.807, 2.05) is 60.8 Å². The van der Waals surface area contributed by atoms with Crippen molar-refractivity contribution < 1.29 is 4.79 Å². The predicted molar refractivity (Wildman–Crippen MR) is 104 cm³/mol. The molecule has 0 aliphatic carbocycles. The van der Waals surface area contributed by atoms with Crippen molar-refractivity contribution in [2.75, 3.05) is 5.32 Å². The summed E-state index contributed by atoms with van der Waals surface area (Å²) in [5, 5.41) is 7.73. The lowest BCUT2D eigenvalue weighted by Gasteiger charge is -2.15. The molecule has 4 aromatic rings. The normalized spacial score (nSPS) is 12.0. The summed E-state index contributed by atoms with van der Waals surface area (Å²) in [5.41, 5.74) is 6.01. The predicted octanol–water partition coefficient (Wildman–Crippen LogP) is 4.57. The summed E-state index contributed by atoms with van der Waals surface area (Å²) >= 11 is 1.52. The van der Waals surface area contributed by atoms with Crippen LogP contribution in [0.5, 0.6) is 0 Å². The highest BCUT2D eigenvalue weighted by molar-refractivity contribution is 7.07. The van der Waals surface area contributed by atoms with Crippen LogP contribution in [0.4, 0.5) is 10.5 Å². The highest BCUT2D eigenvalue weighted by Gasteiger charge is 2.11. The lowest BCUT2D eigenvalue weighted by Crippen LogP contribution is -2.31. The van der Waals surface area contributed by atoms with Crippen LogP contribution in [0.1, 0.15) is 18.5 Å². The second-order valence-corrected chi connectivity index (χ2v) is 6.64. The average Bonchev–Trinajstić information content (AvgIpc) is 3.31. The lowest BCUT2D eigenvalue weighted by atomic mass is 10.1. The summed E-state index contributed by atoms with van der Waals surface area (Å²) in [7, 11) is 0. The molecular weight excluding hydrogens is 346 g/mol. The summed E-state index contributed by atoms with van der Waals surface area (Å²) in [4.78, 5) is 24.3. The van der Waals surface area contributed by atoms with Crippen LogP contribution in [-0.4, -0.2) is 21.0 Å². The maximum absolute atomic E-state index is 12.3. The van der Waals surface area contributed by atoms with E-state index in [-0.39, 0.29) is 12.1 Å². The van der Waals surface area contributed by atoms with Gasteiger partial charge in [0.25, 0.3) is 0 Å². The molecule has 0 unspecified atom stereocenters. The number of H-pyrrole nitrogens is 1. The van der Waals surface area contributed by atoms with E-state index in [2.05, 4.69) is 25.6 Å². The first-order valence-electron chi connectivity index (χ1n) is 8.20. The number of nitrogens with zero attached hydrogens (tertiary/aromatic N) is 2. The monoisotopic (exact) mass is 363 g/mol. The Morgan fingerprint density at radius 3 is 2.81 bits per heavy atom. The molecular formula is C19H17N5OS. The number of urea groups is 1. The van der Waals surface area contributed by atoms with Crippen molar-refractivity contribution in [1.29, 1.82) is 0 Å². The number of imidazole rings is 1. The van der Waals surface area contributed by atoms with E-state index in [1.54, 1.807) is 5.51 Å². The summed E-state index contributed by atoms with van der Waals surface area (Å²) < 4.78 is 0. The highest BCUT2D eigenvalue weighted by Crippen LogP contribution is 2.23. The van der Waals surface area contributed by atoms with Crippen molar-refractivity contribution in [3.8, 4) is 11.5 Å². The van der Waals surface area contributed by atoms with Crippen molar-refractivity contribution in [3.63, 3.8) is 0 Å². The minimum absolute atomic E-state index is 0.0819. The average molecular weight is 363 g/mol. The molecule has 2 aromatic heterocycles. The molecule has 2 heterocycles. The molecule has 0 radical (unpaired) electrons. The maximum Gasteiger partial charge on any atom is 0.319 e. The number of hydrogen-bond donors (Lipinski definition) is 3. The zero-order chi connectivity index (χ0) is 17.9. The fourth-order valence-corrected chi connectivity index (χ4v) is 3.26. The topological polar surface area (TPSA) is 82.7 Å². The van der Waals surface area contributed by atoms with E-state index in [1.165, 1.54) is 11.3 Å². The number of rotatable bonds is 4. The maximum atomic E-state index is 12.3. The standard InChI is InChI=1S/C19H17N5OS/c1-12(13-5-3-2-4-6-13)21-19(25)22-14-7-8-15-16(9-14)24-18(23-15)17-10-26-11-20-17/h2-12H,1H3,(H,23,24)(H2,21,22,25)/t12-/m0/s1. The van der Waals surface area contributed by atoms with Crippen LogP contribution in [0.15, 0.2) is 59.4 Å². The highest BCUT2D eigenvalue weighted by atomic mass is 32.1. The van der Waals surface area contributed by atoms with Gasteiger partial charge in [-0.15, -0.1) is 11.3 Å². The van der Waals surface area contributed by atoms with Gasteiger partial charge >= 0.3 is 6.03 Å². The number of aromatic amines is 1. The molecule has 0 aliphatic rings. The van der Waals surface area contributed by atoms with E-state index in [0.717, 1.165) is 28.1 Å². The largest absolute Gasteiger partial charge is 0.337 e. The molecule has 26 heavy (non-hydrogen) atoms. The van der Waals surface area contributed by atoms with Gasteiger partial charge in [-0.05, 0) is 30.7 Å². The molecule has 2 amide bonds. The molecule has 6 nitrogen and oxygen atoms in total. The first-order valence-corrected chi connectivity index (χ1v) is 9.14. The Morgan fingerprint density at radius 2 is 2.04 bits per heavy atom. The fraction of sp³-hybridized carbons (Fsp3) is 0.105. The number of hydrogen-bond acceptors (Lipinski definition) is 4. The summed E-state index contributed by atoms with van der Waals surface area (Å²) in [6, 6.07) is 15.1. The number of fused-ring (bicyclic) bond motifs is 1. The fourth-order valence-electron chi connectivity index (χ4n) is 2.72. The molecule has 3 N–H and O–H groups in total. The molecule has 0 bridgehead atoms. The molecule has 0 saturated heterocycles. The van der Waals surface area contributed by atoms with Crippen LogP contribution in [0.2, 0.25) is 0 Å². The number of nitrogens with one attached hydrogen (secondary N) is 3. The van der Waals surface area contributed by atoms with Crippen LogP contribution in [0, 0.1) is 0 Å². The van der Waals surface area contributed by atoms with E-state index < -0.39 is 0 Å². The molecule has 1 atom stereocenters. The van der Waals surface area contributed by atoms with Gasteiger partial charge in [-0.25, -0.2) is 14.8 Å². The van der Waals surface area contributed by atoms with Gasteiger partial charge < -0.3 is 15.6 Å². The van der Waals surface area contributed by atoms with Crippen molar-refractivity contribution in [1.82, 2.24) is 20.3 Å². The number of thiazole rings is 1. The Balaban J connectivity index is 1.47. The quantitative estimate of drug-likeness (QED) is 0.497. The van der Waals surface area contributed by atoms with Gasteiger partial charge in [0.05, 0.1) is 22.6 Å². The molecule has 4 rings (SSSR count). The number of carbonyl (C=O) groups is 1. The zero-order valence-electron chi connectivity index (χ0n) is 14.1. The second-order valence-electron chi connectivity index (χ2n) is 5.92. The van der Waals surface area contributed by atoms with E-state index in [4.69, 9.17) is 0 Å². The van der Waals surface area contributed by atoms with Gasteiger partial charge in [0, 0.05) is 11.1 Å². The lowest BCUT2D eigenvalue weighted by molar-refractivity contribution is 0.249. The van der Waals surface area contributed by atoms with Gasteiger partial charge in [0.1, 0.15) is 5.69 Å². The van der Waals surface area contributed by atoms with Gasteiger partial charge in [0.2, 0.25) is 0 Å². The third-order valence-corrected chi connectivity index (χ3v) is 4.65. The number of amides is 2. The molecule has 0 spiro atoms. The number of benzene rings is 2. The zero-order valence-corrected chi connectivity index (χ0v) is 14.9. The summed E-state index contributed by atoms with van der Waals surface area (Å²) in [6.07, 6.45) is 0. The third kappa shape index (κ3) is 3.43. The second kappa shape index (κ2) is 6.97. The first-order chi connectivity index (χ1) is 12.7. The van der Waals surface area contributed by atoms with E-state index >= 15 is 0 Å². The molecule has 0 fully saturated rings. The van der Waals surface area contributed by atoms with E-state index in [9.17, 15) is 4.79 Å². The van der Waals surface area contributed by atoms with Crippen LogP contribution < -0.4 is 10.6 Å². The summed E-state index contributed by atoms with van der Waals surface area (Å²) in [6.45, 7) is 1.95. The Hall–Kier alpha value is -3.19. The van der Waals surface area contributed by atoms with Gasteiger partial charge in [0.15, 0.2) is 5.82 Å². The van der Waals surface area contributed by atoms with E-state index in [0.29, 0.717) is 5.69 Å². The first kappa shape index (κ1) is 16.3. The van der Waals surface area contributed by atoms with Crippen LogP contribution >= 0.6 is 11.3 Å². The van der Waals surface area contributed by atoms with Gasteiger partial charge in [-0.2, -0.15) is 0 Å². The van der Waals surface area contributed by atoms with Crippen LogP contribution in [0.25, 0.3) is 22.6 Å². The van der Waals surface area contributed by atoms with Crippen LogP contribution in [-0.2, 0) is 0 Å². The Kier molecular flexibility index (Phi) is 4.37. The van der Waals surface area contributed by atoms with Crippen molar-refractivity contribution in [2.24, 2.45) is 0 Å². The minimum atomic E-state index is -0.254.